The lowest BCUT2D eigenvalue weighted by Crippen LogP contribution is -2.25. The lowest BCUT2D eigenvalue weighted by Gasteiger charge is -2.32. The molecule has 0 saturated heterocycles. The summed E-state index contributed by atoms with van der Waals surface area (Å²) in [7, 11) is 4.10. The van der Waals surface area contributed by atoms with Crippen LogP contribution in [-0.4, -0.2) is 19.0 Å². The van der Waals surface area contributed by atoms with Gasteiger partial charge < -0.3 is 4.90 Å². The van der Waals surface area contributed by atoms with Gasteiger partial charge in [-0.15, -0.1) is 0 Å². The lowest BCUT2D eigenvalue weighted by atomic mass is 9.71. The monoisotopic (exact) mass is 338 g/mol. The van der Waals surface area contributed by atoms with Crippen LogP contribution < -0.4 is 4.90 Å². The van der Waals surface area contributed by atoms with Crippen molar-refractivity contribution in [2.45, 2.75) is 44.9 Å². The fourth-order valence-electron chi connectivity index (χ4n) is 4.38. The lowest BCUT2D eigenvalue weighted by molar-refractivity contribution is -0.384. The SMILES string of the molecule is CCCC1(CCC)c2cc(N(C)C)ccc2-c2ccc([N+](=O)[O-])cc21. The summed E-state index contributed by atoms with van der Waals surface area (Å²) in [5.41, 5.74) is 6.11. The highest BCUT2D eigenvalue weighted by molar-refractivity contribution is 5.83. The van der Waals surface area contributed by atoms with Gasteiger partial charge in [-0.1, -0.05) is 32.8 Å². The number of hydrogen-bond donors (Lipinski definition) is 0. The van der Waals surface area contributed by atoms with Crippen LogP contribution in [0.3, 0.4) is 0 Å². The van der Waals surface area contributed by atoms with Gasteiger partial charge in [0.1, 0.15) is 0 Å². The molecule has 0 unspecified atom stereocenters. The standard InChI is InChI=1S/C21H26N2O2/c1-5-11-21(12-6-2)19-13-15(22(3)4)7-9-17(19)18-10-8-16(23(24)25)14-20(18)21/h7-10,13-14H,5-6,11-12H2,1-4H3. The summed E-state index contributed by atoms with van der Waals surface area (Å²) >= 11 is 0. The van der Waals surface area contributed by atoms with Crippen molar-refractivity contribution in [3.63, 3.8) is 0 Å². The van der Waals surface area contributed by atoms with E-state index in [1.807, 2.05) is 12.1 Å². The Morgan fingerprint density at radius 2 is 1.52 bits per heavy atom. The summed E-state index contributed by atoms with van der Waals surface area (Å²) in [6.07, 6.45) is 4.12. The topological polar surface area (TPSA) is 46.4 Å². The number of hydrogen-bond acceptors (Lipinski definition) is 3. The number of anilines is 1. The zero-order chi connectivity index (χ0) is 18.2. The maximum absolute atomic E-state index is 11.3. The Balaban J connectivity index is 2.30. The van der Waals surface area contributed by atoms with E-state index in [0.29, 0.717) is 0 Å². The van der Waals surface area contributed by atoms with E-state index < -0.39 is 0 Å². The van der Waals surface area contributed by atoms with Crippen molar-refractivity contribution in [1.82, 2.24) is 0 Å². The Bertz CT molecular complexity index is 806. The fourth-order valence-corrected chi connectivity index (χ4v) is 4.38. The van der Waals surface area contributed by atoms with Crippen LogP contribution in [0, 0.1) is 10.1 Å². The Hall–Kier alpha value is -2.36. The van der Waals surface area contributed by atoms with Gasteiger partial charge >= 0.3 is 0 Å². The van der Waals surface area contributed by atoms with Crippen molar-refractivity contribution in [3.8, 4) is 11.1 Å². The van der Waals surface area contributed by atoms with Crippen LogP contribution >= 0.6 is 0 Å². The minimum absolute atomic E-state index is 0.119. The number of nitro benzene ring substituents is 1. The number of benzene rings is 2. The van der Waals surface area contributed by atoms with Gasteiger partial charge in [0.2, 0.25) is 0 Å². The molecule has 1 aliphatic rings. The minimum Gasteiger partial charge on any atom is -0.378 e. The van der Waals surface area contributed by atoms with Gasteiger partial charge in [-0.3, -0.25) is 10.1 Å². The van der Waals surface area contributed by atoms with Gasteiger partial charge in [0.15, 0.2) is 0 Å². The Morgan fingerprint density at radius 3 is 2.04 bits per heavy atom. The van der Waals surface area contributed by atoms with Crippen molar-refractivity contribution < 1.29 is 4.92 Å². The molecule has 0 saturated carbocycles. The smallest absolute Gasteiger partial charge is 0.269 e. The van der Waals surface area contributed by atoms with Crippen LogP contribution in [0.4, 0.5) is 11.4 Å². The third kappa shape index (κ3) is 2.70. The van der Waals surface area contributed by atoms with E-state index in [1.54, 1.807) is 6.07 Å². The van der Waals surface area contributed by atoms with Crippen molar-refractivity contribution in [3.05, 3.63) is 57.6 Å². The molecule has 0 atom stereocenters. The third-order valence-electron chi connectivity index (χ3n) is 5.41. The minimum atomic E-state index is -0.281. The van der Waals surface area contributed by atoms with Crippen LogP contribution in [0.15, 0.2) is 36.4 Å². The molecule has 25 heavy (non-hydrogen) atoms. The molecule has 1 aliphatic carbocycles. The quantitative estimate of drug-likeness (QED) is 0.514. The average Bonchev–Trinajstić information content (AvgIpc) is 2.85. The third-order valence-corrected chi connectivity index (χ3v) is 5.41. The Labute approximate surface area is 149 Å². The molecule has 3 rings (SSSR count). The molecule has 0 fully saturated rings. The molecular formula is C21H26N2O2. The zero-order valence-electron chi connectivity index (χ0n) is 15.5. The predicted molar refractivity (Wildman–Crippen MR) is 103 cm³/mol. The molecule has 0 amide bonds. The van der Waals surface area contributed by atoms with Crippen molar-refractivity contribution in [2.75, 3.05) is 19.0 Å². The van der Waals surface area contributed by atoms with Gasteiger partial charge in [0, 0.05) is 37.3 Å². The van der Waals surface area contributed by atoms with Crippen LogP contribution in [0.5, 0.6) is 0 Å². The van der Waals surface area contributed by atoms with E-state index in [1.165, 1.54) is 16.8 Å². The number of nitrogens with zero attached hydrogens (tertiary/aromatic N) is 2. The van der Waals surface area contributed by atoms with E-state index in [0.717, 1.165) is 36.8 Å². The van der Waals surface area contributed by atoms with Gasteiger partial charge in [0.05, 0.1) is 4.92 Å². The first-order valence-electron chi connectivity index (χ1n) is 9.05. The Kier molecular flexibility index (Phi) is 4.55. The molecule has 0 bridgehead atoms. The van der Waals surface area contributed by atoms with Gasteiger partial charge in [0.25, 0.3) is 5.69 Å². The normalized spacial score (nSPS) is 14.1. The zero-order valence-corrected chi connectivity index (χ0v) is 15.5. The van der Waals surface area contributed by atoms with Gasteiger partial charge in [-0.25, -0.2) is 0 Å². The van der Waals surface area contributed by atoms with Gasteiger partial charge in [-0.05, 0) is 53.3 Å². The first-order chi connectivity index (χ1) is 11.9. The van der Waals surface area contributed by atoms with Crippen molar-refractivity contribution in [1.29, 1.82) is 0 Å². The molecule has 0 aromatic heterocycles. The number of non-ortho nitro benzene ring substituents is 1. The molecule has 0 aliphatic heterocycles. The van der Waals surface area contributed by atoms with Gasteiger partial charge in [-0.2, -0.15) is 0 Å². The first-order valence-corrected chi connectivity index (χ1v) is 9.05. The van der Waals surface area contributed by atoms with Crippen LogP contribution in [0.1, 0.15) is 50.7 Å². The van der Waals surface area contributed by atoms with Crippen molar-refractivity contribution in [2.24, 2.45) is 0 Å². The molecule has 2 aromatic rings. The van der Waals surface area contributed by atoms with Crippen LogP contribution in [0.2, 0.25) is 0 Å². The summed E-state index contributed by atoms with van der Waals surface area (Å²) in [5.74, 6) is 0. The van der Waals surface area contributed by atoms with Crippen LogP contribution in [0.25, 0.3) is 11.1 Å². The highest BCUT2D eigenvalue weighted by Gasteiger charge is 2.42. The molecular weight excluding hydrogens is 312 g/mol. The summed E-state index contributed by atoms with van der Waals surface area (Å²) < 4.78 is 0. The summed E-state index contributed by atoms with van der Waals surface area (Å²) in [5, 5.41) is 11.3. The molecule has 0 radical (unpaired) electrons. The van der Waals surface area contributed by atoms with E-state index >= 15 is 0 Å². The van der Waals surface area contributed by atoms with E-state index in [4.69, 9.17) is 0 Å². The maximum atomic E-state index is 11.3. The largest absolute Gasteiger partial charge is 0.378 e. The van der Waals surface area contributed by atoms with Crippen molar-refractivity contribution >= 4 is 11.4 Å². The number of nitro groups is 1. The molecule has 132 valence electrons. The molecule has 4 nitrogen and oxygen atoms in total. The highest BCUT2D eigenvalue weighted by Crippen LogP contribution is 2.55. The first kappa shape index (κ1) is 17.5. The maximum Gasteiger partial charge on any atom is 0.269 e. The number of rotatable bonds is 6. The number of fused-ring (bicyclic) bond motifs is 3. The molecule has 0 spiro atoms. The molecule has 0 heterocycles. The summed E-state index contributed by atoms with van der Waals surface area (Å²) in [6, 6.07) is 12.0. The van der Waals surface area contributed by atoms with Crippen LogP contribution in [-0.2, 0) is 5.41 Å². The average molecular weight is 338 g/mol. The highest BCUT2D eigenvalue weighted by atomic mass is 16.6. The molecule has 2 aromatic carbocycles. The molecule has 4 heteroatoms. The second kappa shape index (κ2) is 6.51. The second-order valence-electron chi connectivity index (χ2n) is 7.19. The summed E-state index contributed by atoms with van der Waals surface area (Å²) in [4.78, 5) is 13.2. The predicted octanol–water partition coefficient (Wildman–Crippen LogP) is 5.53. The fraction of sp³-hybridized carbons (Fsp3) is 0.429. The van der Waals surface area contributed by atoms with E-state index in [9.17, 15) is 10.1 Å². The Morgan fingerprint density at radius 1 is 0.960 bits per heavy atom. The molecule has 0 N–H and O–H groups in total. The van der Waals surface area contributed by atoms with E-state index in [-0.39, 0.29) is 16.0 Å². The summed E-state index contributed by atoms with van der Waals surface area (Å²) in [6.45, 7) is 4.39. The second-order valence-corrected chi connectivity index (χ2v) is 7.19. The van der Waals surface area contributed by atoms with E-state index in [2.05, 4.69) is 51.0 Å².